The lowest BCUT2D eigenvalue weighted by Gasteiger charge is -2.26. The van der Waals surface area contributed by atoms with Gasteiger partial charge in [-0.05, 0) is 223 Å². The van der Waals surface area contributed by atoms with Gasteiger partial charge in [0.15, 0.2) is 0 Å². The molecule has 0 fully saturated rings. The molecule has 24 aromatic carbocycles. The molecule has 7 heteroatoms. The second-order valence-corrected chi connectivity index (χ2v) is 37.0. The van der Waals surface area contributed by atoms with Gasteiger partial charge in [0.1, 0.15) is 11.2 Å². The monoisotopic (exact) mass is 1850 g/mol. The van der Waals surface area contributed by atoms with Crippen LogP contribution in [0.25, 0.3) is 192 Å². The van der Waals surface area contributed by atoms with E-state index >= 15 is 0 Å². The first-order chi connectivity index (χ1) is 71.9. The quantitative estimate of drug-likeness (QED) is 0.0911. The Labute approximate surface area is 840 Å². The number of aromatic nitrogens is 3. The molecule has 0 amide bonds. The summed E-state index contributed by atoms with van der Waals surface area (Å²) in [6.45, 7) is 0. The van der Waals surface area contributed by atoms with Crippen molar-refractivity contribution in [3.05, 3.63) is 570 Å². The maximum Gasteiger partial charge on any atom is 0.137 e. The number of rotatable bonds is 17. The molecule has 0 saturated heterocycles. The lowest BCUT2D eigenvalue weighted by molar-refractivity contribution is 0.669. The first kappa shape index (κ1) is 86.0. The van der Waals surface area contributed by atoms with Crippen molar-refractivity contribution in [2.24, 2.45) is 0 Å². The topological polar surface area (TPSA) is 37.6 Å². The summed E-state index contributed by atoms with van der Waals surface area (Å²) in [7, 11) is 0. The van der Waals surface area contributed by atoms with Gasteiger partial charge in [-0.2, -0.15) is 0 Å². The Hall–Kier alpha value is -19.3. The van der Waals surface area contributed by atoms with Crippen molar-refractivity contribution in [2.75, 3.05) is 14.7 Å². The molecular weight excluding hydrogens is 1760 g/mol. The molecule has 28 rings (SSSR count). The van der Waals surface area contributed by atoms with Crippen molar-refractivity contribution in [1.82, 2.24) is 13.7 Å². The first-order valence-electron chi connectivity index (χ1n) is 49.6. The number of hydrogen-bond donors (Lipinski definition) is 0. The molecule has 0 bridgehead atoms. The van der Waals surface area contributed by atoms with E-state index in [-0.39, 0.29) is 0 Å². The summed E-state index contributed by atoms with van der Waals surface area (Å²) in [5.41, 5.74) is 34.2. The molecule has 0 spiro atoms. The summed E-state index contributed by atoms with van der Waals surface area (Å²) < 4.78 is 13.7. The van der Waals surface area contributed by atoms with E-state index < -0.39 is 0 Å². The molecule has 0 unspecified atom stereocenters. The minimum atomic E-state index is 0.871. The molecule has 682 valence electrons. The zero-order valence-electron chi connectivity index (χ0n) is 79.4. The third-order valence-corrected chi connectivity index (χ3v) is 28.5. The zero-order valence-corrected chi connectivity index (χ0v) is 79.4. The van der Waals surface area contributed by atoms with Gasteiger partial charge in [-0.1, -0.05) is 413 Å². The van der Waals surface area contributed by atoms with Crippen molar-refractivity contribution < 1.29 is 4.42 Å². The van der Waals surface area contributed by atoms with Crippen LogP contribution in [0.5, 0.6) is 0 Å². The van der Waals surface area contributed by atoms with Crippen LogP contribution in [0.2, 0.25) is 0 Å². The summed E-state index contributed by atoms with van der Waals surface area (Å²) in [6, 6.07) is 205. The van der Waals surface area contributed by atoms with E-state index in [1.165, 1.54) is 148 Å². The second-order valence-electron chi connectivity index (χ2n) is 37.0. The van der Waals surface area contributed by atoms with Crippen LogP contribution in [0.3, 0.4) is 0 Å². The Kier molecular flexibility index (Phi) is 22.2. The number of nitrogens with zero attached hydrogens (tertiary/aromatic N) is 6. The van der Waals surface area contributed by atoms with Crippen molar-refractivity contribution >= 4 is 171 Å². The van der Waals surface area contributed by atoms with Crippen LogP contribution in [-0.2, 0) is 0 Å². The lowest BCUT2D eigenvalue weighted by Crippen LogP contribution is -2.10. The maximum absolute atomic E-state index is 6.39. The molecule has 7 nitrogen and oxygen atoms in total. The molecule has 0 radical (unpaired) electrons. The standard InChI is InChI=1S/C46H30N2O.2C46H32N2/c1-3-11-31(12-4-1)32-19-22-35(23-20-32)47(37-25-28-41-40-17-9-10-18-44(40)49-45(41)30-37)36-24-27-39-42-26-21-33-13-7-8-16-38(33)46(42)48(43(39)29-36)34-14-5-2-6-15-34;1-4-13-33(14-5-1)35-23-26-39(27-24-35)47(40-21-12-18-37(31-40)34-15-6-2-7-16-34)41-28-30-43-44-29-25-36-17-10-11-22-42(36)46(44)48(45(43)32-41)38-19-8-3-9-20-38;1-4-12-33(13-5-1)35-20-25-39(26-21-35)47(40-27-22-36(23-28-40)34-14-6-2-7-15-34)41-29-31-43-44-30-24-37-16-10-11-19-42(37)46(44)48(45(43)32-41)38-17-8-3-9-18-38/h1-30H;2*1-32H. The van der Waals surface area contributed by atoms with Gasteiger partial charge in [0, 0.05) is 134 Å². The van der Waals surface area contributed by atoms with Gasteiger partial charge in [0.25, 0.3) is 0 Å². The predicted octanol–water partition coefficient (Wildman–Crippen LogP) is 38.5. The normalized spacial score (nSPS) is 11.4. The summed E-state index contributed by atoms with van der Waals surface area (Å²) in [5.74, 6) is 0. The molecule has 0 saturated carbocycles. The van der Waals surface area contributed by atoms with Gasteiger partial charge in [-0.3, -0.25) is 0 Å². The molecule has 28 aromatic rings. The van der Waals surface area contributed by atoms with Crippen molar-refractivity contribution in [3.63, 3.8) is 0 Å². The maximum atomic E-state index is 6.39. The molecule has 0 N–H and O–H groups in total. The van der Waals surface area contributed by atoms with E-state index in [0.29, 0.717) is 0 Å². The Balaban J connectivity index is 0.000000111. The summed E-state index contributed by atoms with van der Waals surface area (Å²) >= 11 is 0. The molecule has 4 aromatic heterocycles. The Morgan fingerprint density at radius 1 is 0.131 bits per heavy atom. The molecule has 0 atom stereocenters. The SMILES string of the molecule is c1ccc(-c2ccc(N(c3ccc(-c4ccccc4)cc3)c3ccc4c5ccc6ccccc6c5n(-c5ccccc5)c4c3)cc2)cc1.c1ccc(-c2ccc(N(c3ccc4c(c3)oc3ccccc34)c3ccc4c5ccc6ccccc6c5n(-c5ccccc5)c4c3)cc2)cc1.c1ccc(-c2ccc(N(c3cccc(-c4ccccc4)c3)c3ccc4c5ccc6ccccc6c5n(-c5ccccc5)c4c3)cc2)cc1. The smallest absolute Gasteiger partial charge is 0.137 e. The van der Waals surface area contributed by atoms with Gasteiger partial charge < -0.3 is 32.8 Å². The van der Waals surface area contributed by atoms with E-state index in [1.807, 2.05) is 12.1 Å². The summed E-state index contributed by atoms with van der Waals surface area (Å²) in [4.78, 5) is 7.09. The minimum Gasteiger partial charge on any atom is -0.456 e. The van der Waals surface area contributed by atoms with Crippen LogP contribution in [0, 0.1) is 0 Å². The van der Waals surface area contributed by atoms with Crippen LogP contribution >= 0.6 is 0 Å². The zero-order chi connectivity index (χ0) is 96.0. The van der Waals surface area contributed by atoms with Crippen molar-refractivity contribution in [3.8, 4) is 72.7 Å². The van der Waals surface area contributed by atoms with Crippen molar-refractivity contribution in [2.45, 2.75) is 0 Å². The molecule has 0 aliphatic carbocycles. The van der Waals surface area contributed by atoms with E-state index in [9.17, 15) is 0 Å². The first-order valence-corrected chi connectivity index (χ1v) is 49.6. The molecular formula is C138H94N6O. The van der Waals surface area contributed by atoms with E-state index in [0.717, 1.165) is 95.7 Å². The fraction of sp³-hybridized carbons (Fsp3) is 0. The number of furan rings is 1. The third-order valence-electron chi connectivity index (χ3n) is 28.5. The third kappa shape index (κ3) is 16.1. The highest BCUT2D eigenvalue weighted by Crippen LogP contribution is 2.49. The Morgan fingerprint density at radius 3 is 0.690 bits per heavy atom. The largest absolute Gasteiger partial charge is 0.456 e. The van der Waals surface area contributed by atoms with E-state index in [1.54, 1.807) is 0 Å². The van der Waals surface area contributed by atoms with Crippen LogP contribution in [0.4, 0.5) is 51.2 Å². The second kappa shape index (κ2) is 37.4. The molecule has 0 aliphatic rings. The van der Waals surface area contributed by atoms with Gasteiger partial charge in [0.05, 0.1) is 33.1 Å². The highest BCUT2D eigenvalue weighted by molar-refractivity contribution is 6.22. The Morgan fingerprint density at radius 2 is 0.359 bits per heavy atom. The number of hydrogen-bond acceptors (Lipinski definition) is 4. The fourth-order valence-corrected chi connectivity index (χ4v) is 21.6. The van der Waals surface area contributed by atoms with Crippen LogP contribution in [-0.4, -0.2) is 13.7 Å². The van der Waals surface area contributed by atoms with Crippen LogP contribution < -0.4 is 14.7 Å². The number of anilines is 9. The predicted molar refractivity (Wildman–Crippen MR) is 613 cm³/mol. The van der Waals surface area contributed by atoms with E-state index in [4.69, 9.17) is 4.42 Å². The summed E-state index contributed by atoms with van der Waals surface area (Å²) in [6.07, 6.45) is 0. The molecule has 145 heavy (non-hydrogen) atoms. The van der Waals surface area contributed by atoms with Crippen molar-refractivity contribution in [1.29, 1.82) is 0 Å². The van der Waals surface area contributed by atoms with Crippen LogP contribution in [0.15, 0.2) is 575 Å². The van der Waals surface area contributed by atoms with Crippen LogP contribution in [0.1, 0.15) is 0 Å². The summed E-state index contributed by atoms with van der Waals surface area (Å²) in [5, 5.41) is 17.1. The van der Waals surface area contributed by atoms with Gasteiger partial charge >= 0.3 is 0 Å². The molecule has 4 heterocycles. The minimum absolute atomic E-state index is 0.871. The number of benzene rings is 24. The average molecular weight is 1850 g/mol. The van der Waals surface area contributed by atoms with E-state index in [2.05, 4.69) is 587 Å². The van der Waals surface area contributed by atoms with Gasteiger partial charge in [0.2, 0.25) is 0 Å². The lowest BCUT2D eigenvalue weighted by atomic mass is 10.0. The Bertz CT molecular complexity index is 9550. The number of para-hydroxylation sites is 4. The fourth-order valence-electron chi connectivity index (χ4n) is 21.6. The highest BCUT2D eigenvalue weighted by atomic mass is 16.3. The van der Waals surface area contributed by atoms with Gasteiger partial charge in [-0.25, -0.2) is 0 Å². The number of fused-ring (bicyclic) bond motifs is 18. The average Bonchev–Trinajstić information content (AvgIpc) is 1.58. The van der Waals surface area contributed by atoms with Gasteiger partial charge in [-0.15, -0.1) is 0 Å². The molecule has 0 aliphatic heterocycles. The highest BCUT2D eigenvalue weighted by Gasteiger charge is 2.26.